The molecule has 0 heterocycles. The molecule has 0 spiro atoms. The van der Waals surface area contributed by atoms with Crippen molar-refractivity contribution in [2.45, 2.75) is 58.5 Å². The highest BCUT2D eigenvalue weighted by molar-refractivity contribution is 5.06. The van der Waals surface area contributed by atoms with Crippen LogP contribution in [0.5, 0.6) is 0 Å². The van der Waals surface area contributed by atoms with Gasteiger partial charge in [-0.1, -0.05) is 6.92 Å². The van der Waals surface area contributed by atoms with Gasteiger partial charge in [-0.05, 0) is 40.0 Å². The number of nitrogens with one attached hydrogen (secondary N) is 1. The van der Waals surface area contributed by atoms with E-state index in [2.05, 4.69) is 32.2 Å². The molecule has 0 saturated carbocycles. The third kappa shape index (κ3) is 7.65. The Labute approximate surface area is 112 Å². The summed E-state index contributed by atoms with van der Waals surface area (Å²) < 4.78 is 10.6. The molecule has 0 aliphatic carbocycles. The molecule has 0 aromatic carbocycles. The van der Waals surface area contributed by atoms with Crippen LogP contribution in [-0.2, 0) is 9.47 Å². The van der Waals surface area contributed by atoms with E-state index in [1.165, 1.54) is 0 Å². The zero-order valence-corrected chi connectivity index (χ0v) is 12.3. The molecule has 0 aliphatic heterocycles. The minimum atomic E-state index is -0.405. The van der Waals surface area contributed by atoms with Crippen LogP contribution in [-0.4, -0.2) is 38.0 Å². The average molecular weight is 256 g/mol. The standard InChI is InChI=1S/C14H28N2O2/c1-5-14(12-15,16-13(3)4)8-7-9-18-11-10-17-6-2/h13,16H,5-11H2,1-4H3. The van der Waals surface area contributed by atoms with Crippen LogP contribution < -0.4 is 5.32 Å². The molecule has 1 N–H and O–H groups in total. The predicted molar refractivity (Wildman–Crippen MR) is 73.5 cm³/mol. The highest BCUT2D eigenvalue weighted by Crippen LogP contribution is 2.17. The van der Waals surface area contributed by atoms with Crippen molar-refractivity contribution >= 4 is 0 Å². The lowest BCUT2D eigenvalue weighted by atomic mass is 9.91. The van der Waals surface area contributed by atoms with Gasteiger partial charge in [-0.3, -0.25) is 5.32 Å². The topological polar surface area (TPSA) is 54.3 Å². The molecule has 0 saturated heterocycles. The summed E-state index contributed by atoms with van der Waals surface area (Å²) in [6.45, 7) is 10.9. The Balaban J connectivity index is 3.81. The molecule has 0 rings (SSSR count). The van der Waals surface area contributed by atoms with E-state index in [-0.39, 0.29) is 0 Å². The Morgan fingerprint density at radius 1 is 1.17 bits per heavy atom. The van der Waals surface area contributed by atoms with E-state index in [0.717, 1.165) is 25.9 Å². The maximum absolute atomic E-state index is 9.32. The molecule has 106 valence electrons. The first-order chi connectivity index (χ1) is 8.60. The summed E-state index contributed by atoms with van der Waals surface area (Å²) in [7, 11) is 0. The summed E-state index contributed by atoms with van der Waals surface area (Å²) >= 11 is 0. The van der Waals surface area contributed by atoms with Gasteiger partial charge in [-0.2, -0.15) is 5.26 Å². The van der Waals surface area contributed by atoms with Crippen molar-refractivity contribution in [3.05, 3.63) is 0 Å². The molecule has 1 atom stereocenters. The van der Waals surface area contributed by atoms with Crippen LogP contribution in [0.3, 0.4) is 0 Å². The summed E-state index contributed by atoms with van der Waals surface area (Å²) in [6, 6.07) is 2.74. The van der Waals surface area contributed by atoms with Crippen LogP contribution in [0, 0.1) is 11.3 Å². The Kier molecular flexibility index (Phi) is 9.95. The monoisotopic (exact) mass is 256 g/mol. The van der Waals surface area contributed by atoms with E-state index in [1.54, 1.807) is 0 Å². The summed E-state index contributed by atoms with van der Waals surface area (Å²) in [5.74, 6) is 0. The van der Waals surface area contributed by atoms with E-state index < -0.39 is 5.54 Å². The molecular weight excluding hydrogens is 228 g/mol. The lowest BCUT2D eigenvalue weighted by Crippen LogP contribution is -2.47. The normalized spacial score (nSPS) is 14.4. The van der Waals surface area contributed by atoms with Crippen LogP contribution in [0.15, 0.2) is 0 Å². The number of rotatable bonds is 11. The van der Waals surface area contributed by atoms with Gasteiger partial charge >= 0.3 is 0 Å². The Morgan fingerprint density at radius 3 is 2.33 bits per heavy atom. The fourth-order valence-electron chi connectivity index (χ4n) is 1.91. The maximum atomic E-state index is 9.32. The maximum Gasteiger partial charge on any atom is 0.106 e. The van der Waals surface area contributed by atoms with Gasteiger partial charge in [-0.25, -0.2) is 0 Å². The highest BCUT2D eigenvalue weighted by atomic mass is 16.5. The van der Waals surface area contributed by atoms with Crippen molar-refractivity contribution in [3.63, 3.8) is 0 Å². The summed E-state index contributed by atoms with van der Waals surface area (Å²) in [4.78, 5) is 0. The molecule has 4 heteroatoms. The van der Waals surface area contributed by atoms with Gasteiger partial charge < -0.3 is 9.47 Å². The summed E-state index contributed by atoms with van der Waals surface area (Å²) in [5, 5.41) is 12.7. The molecule has 0 bridgehead atoms. The van der Waals surface area contributed by atoms with Crippen LogP contribution in [0.4, 0.5) is 0 Å². The van der Waals surface area contributed by atoms with Crippen molar-refractivity contribution < 1.29 is 9.47 Å². The smallest absolute Gasteiger partial charge is 0.106 e. The summed E-state index contributed by atoms with van der Waals surface area (Å²) in [6.07, 6.45) is 2.54. The van der Waals surface area contributed by atoms with Crippen molar-refractivity contribution in [1.29, 1.82) is 5.26 Å². The number of hydrogen-bond donors (Lipinski definition) is 1. The molecule has 0 fully saturated rings. The van der Waals surface area contributed by atoms with E-state index in [4.69, 9.17) is 9.47 Å². The Morgan fingerprint density at radius 2 is 1.83 bits per heavy atom. The largest absolute Gasteiger partial charge is 0.379 e. The van der Waals surface area contributed by atoms with E-state index in [9.17, 15) is 5.26 Å². The molecule has 0 aromatic heterocycles. The first-order valence-electron chi connectivity index (χ1n) is 6.94. The molecule has 18 heavy (non-hydrogen) atoms. The summed E-state index contributed by atoms with van der Waals surface area (Å²) in [5.41, 5.74) is -0.405. The van der Waals surface area contributed by atoms with E-state index >= 15 is 0 Å². The molecule has 1 unspecified atom stereocenters. The Hall–Kier alpha value is -0.630. The van der Waals surface area contributed by atoms with Crippen LogP contribution in [0.2, 0.25) is 0 Å². The second kappa shape index (κ2) is 10.3. The third-order valence-corrected chi connectivity index (χ3v) is 2.85. The number of nitriles is 1. The lowest BCUT2D eigenvalue weighted by Gasteiger charge is -2.29. The number of nitrogens with zero attached hydrogens (tertiary/aromatic N) is 1. The predicted octanol–water partition coefficient (Wildman–Crippen LogP) is 2.49. The van der Waals surface area contributed by atoms with Gasteiger partial charge in [0, 0.05) is 19.3 Å². The van der Waals surface area contributed by atoms with Crippen molar-refractivity contribution in [2.75, 3.05) is 26.4 Å². The molecule has 0 aromatic rings. The minimum Gasteiger partial charge on any atom is -0.379 e. The second-order valence-electron chi connectivity index (χ2n) is 4.76. The van der Waals surface area contributed by atoms with Crippen LogP contribution in [0.25, 0.3) is 0 Å². The molecule has 0 aliphatic rings. The van der Waals surface area contributed by atoms with Gasteiger partial charge in [0.15, 0.2) is 0 Å². The van der Waals surface area contributed by atoms with E-state index in [0.29, 0.717) is 25.9 Å². The van der Waals surface area contributed by atoms with E-state index in [1.807, 2.05) is 6.92 Å². The zero-order valence-electron chi connectivity index (χ0n) is 12.3. The lowest BCUT2D eigenvalue weighted by molar-refractivity contribution is 0.0497. The third-order valence-electron chi connectivity index (χ3n) is 2.85. The first kappa shape index (κ1) is 17.4. The first-order valence-corrected chi connectivity index (χ1v) is 6.94. The van der Waals surface area contributed by atoms with Crippen LogP contribution >= 0.6 is 0 Å². The number of ether oxygens (including phenoxy) is 2. The second-order valence-corrected chi connectivity index (χ2v) is 4.76. The van der Waals surface area contributed by atoms with Crippen molar-refractivity contribution in [2.24, 2.45) is 0 Å². The van der Waals surface area contributed by atoms with Gasteiger partial charge in [0.25, 0.3) is 0 Å². The van der Waals surface area contributed by atoms with Crippen molar-refractivity contribution in [1.82, 2.24) is 5.32 Å². The molecule has 0 radical (unpaired) electrons. The zero-order chi connectivity index (χ0) is 13.9. The van der Waals surface area contributed by atoms with Gasteiger partial charge in [0.05, 0.1) is 19.3 Å². The van der Waals surface area contributed by atoms with Gasteiger partial charge in [0.1, 0.15) is 5.54 Å². The fourth-order valence-corrected chi connectivity index (χ4v) is 1.91. The molecular formula is C14H28N2O2. The van der Waals surface area contributed by atoms with Gasteiger partial charge in [0.2, 0.25) is 0 Å². The van der Waals surface area contributed by atoms with Crippen LogP contribution in [0.1, 0.15) is 47.0 Å². The Bertz CT molecular complexity index is 238. The minimum absolute atomic E-state index is 0.323. The highest BCUT2D eigenvalue weighted by Gasteiger charge is 2.27. The number of hydrogen-bond acceptors (Lipinski definition) is 4. The van der Waals surface area contributed by atoms with Crippen molar-refractivity contribution in [3.8, 4) is 6.07 Å². The molecule has 0 amide bonds. The molecule has 4 nitrogen and oxygen atoms in total. The average Bonchev–Trinajstić information content (AvgIpc) is 2.36. The fraction of sp³-hybridized carbons (Fsp3) is 0.929. The van der Waals surface area contributed by atoms with Gasteiger partial charge in [-0.15, -0.1) is 0 Å². The quantitative estimate of drug-likeness (QED) is 0.577. The SMILES string of the molecule is CCOCCOCCCC(C#N)(CC)NC(C)C.